The van der Waals surface area contributed by atoms with Crippen molar-refractivity contribution >= 4 is 40.7 Å². The maximum absolute atomic E-state index is 12.4. The van der Waals surface area contributed by atoms with Crippen molar-refractivity contribution in [1.82, 2.24) is 4.90 Å². The Morgan fingerprint density at radius 2 is 2.00 bits per heavy atom. The van der Waals surface area contributed by atoms with Gasteiger partial charge in [0.05, 0.1) is 4.91 Å². The summed E-state index contributed by atoms with van der Waals surface area (Å²) >= 11 is 6.09. The molecule has 6 heteroatoms. The SMILES string of the molecule is CCCN(C)C(=O)/C(=C/c1ccc(-c2ccc(O)cc2)o1)SC=S. The minimum atomic E-state index is -0.0782. The molecule has 4 nitrogen and oxygen atoms in total. The van der Waals surface area contributed by atoms with Gasteiger partial charge in [0.1, 0.15) is 17.3 Å². The molecule has 1 heterocycles. The molecule has 1 aromatic carbocycles. The smallest absolute Gasteiger partial charge is 0.260 e. The van der Waals surface area contributed by atoms with Crippen LogP contribution in [0.1, 0.15) is 19.1 Å². The van der Waals surface area contributed by atoms with Crippen molar-refractivity contribution in [3.8, 4) is 17.1 Å². The fraction of sp³-hybridized carbons (Fsp3) is 0.222. The fourth-order valence-corrected chi connectivity index (χ4v) is 3.02. The number of rotatable bonds is 7. The number of likely N-dealkylation sites (N-methyl/N-ethyl adjacent to an activating group) is 1. The van der Waals surface area contributed by atoms with Crippen molar-refractivity contribution in [3.63, 3.8) is 0 Å². The molecule has 1 amide bonds. The van der Waals surface area contributed by atoms with E-state index in [1.807, 2.05) is 13.0 Å². The summed E-state index contributed by atoms with van der Waals surface area (Å²) in [6.45, 7) is 2.71. The predicted octanol–water partition coefficient (Wildman–Crippen LogP) is 4.55. The lowest BCUT2D eigenvalue weighted by molar-refractivity contribution is -0.125. The minimum Gasteiger partial charge on any atom is -0.508 e. The second kappa shape index (κ2) is 8.70. The highest BCUT2D eigenvalue weighted by Crippen LogP contribution is 2.27. The molecule has 2 rings (SSSR count). The van der Waals surface area contributed by atoms with E-state index in [2.05, 4.69) is 0 Å². The van der Waals surface area contributed by atoms with Crippen LogP contribution in [-0.2, 0) is 4.79 Å². The summed E-state index contributed by atoms with van der Waals surface area (Å²) in [7, 11) is 1.77. The van der Waals surface area contributed by atoms with Crippen LogP contribution in [0.15, 0.2) is 45.7 Å². The molecule has 2 aromatic rings. The van der Waals surface area contributed by atoms with Crippen molar-refractivity contribution in [2.45, 2.75) is 13.3 Å². The standard InChI is InChI=1S/C18H19NO3S2/c1-3-10-19(2)18(21)17(24-12-23)11-15-8-9-16(22-15)13-4-6-14(20)7-5-13/h4-9,11-12,20H,3,10H2,1-2H3/b17-11-. The van der Waals surface area contributed by atoms with Crippen LogP contribution in [0.25, 0.3) is 17.4 Å². The van der Waals surface area contributed by atoms with Crippen molar-refractivity contribution in [2.75, 3.05) is 13.6 Å². The lowest BCUT2D eigenvalue weighted by Gasteiger charge is -2.16. The molecule has 0 aliphatic heterocycles. The van der Waals surface area contributed by atoms with E-state index in [1.54, 1.807) is 48.4 Å². The molecule has 0 spiro atoms. The Bertz CT molecular complexity index is 735. The van der Waals surface area contributed by atoms with E-state index in [0.29, 0.717) is 23.0 Å². The number of benzene rings is 1. The number of hydrogen-bond donors (Lipinski definition) is 1. The van der Waals surface area contributed by atoms with E-state index in [-0.39, 0.29) is 11.7 Å². The number of furan rings is 1. The molecule has 24 heavy (non-hydrogen) atoms. The lowest BCUT2D eigenvalue weighted by atomic mass is 10.2. The fourth-order valence-electron chi connectivity index (χ4n) is 2.16. The monoisotopic (exact) mass is 361 g/mol. The molecule has 0 atom stereocenters. The van der Waals surface area contributed by atoms with E-state index >= 15 is 0 Å². The first-order valence-corrected chi connectivity index (χ1v) is 8.87. The number of carbonyl (C=O) groups is 1. The molecule has 0 aliphatic rings. The Morgan fingerprint density at radius 3 is 2.62 bits per heavy atom. The first-order valence-electron chi connectivity index (χ1n) is 7.52. The van der Waals surface area contributed by atoms with Crippen molar-refractivity contribution in [1.29, 1.82) is 0 Å². The molecule has 0 saturated heterocycles. The largest absolute Gasteiger partial charge is 0.508 e. The second-order valence-electron chi connectivity index (χ2n) is 5.20. The third-order valence-electron chi connectivity index (χ3n) is 3.34. The number of phenols is 1. The highest BCUT2D eigenvalue weighted by Gasteiger charge is 2.15. The van der Waals surface area contributed by atoms with Gasteiger partial charge in [-0.2, -0.15) is 0 Å². The number of thioether (sulfide) groups is 1. The quantitative estimate of drug-likeness (QED) is 0.579. The first kappa shape index (κ1) is 18.3. The summed E-state index contributed by atoms with van der Waals surface area (Å²) in [5.74, 6) is 1.37. The first-order chi connectivity index (χ1) is 11.5. The highest BCUT2D eigenvalue weighted by molar-refractivity contribution is 8.24. The Morgan fingerprint density at radius 1 is 1.29 bits per heavy atom. The van der Waals surface area contributed by atoms with Crippen LogP contribution in [0.3, 0.4) is 0 Å². The van der Waals surface area contributed by atoms with Crippen LogP contribution in [0.2, 0.25) is 0 Å². The average molecular weight is 361 g/mol. The van der Waals surface area contributed by atoms with E-state index in [4.69, 9.17) is 16.6 Å². The minimum absolute atomic E-state index is 0.0782. The molecule has 0 fully saturated rings. The molecular weight excluding hydrogens is 342 g/mol. The molecular formula is C18H19NO3S2. The zero-order valence-corrected chi connectivity index (χ0v) is 15.2. The predicted molar refractivity (Wildman–Crippen MR) is 103 cm³/mol. The van der Waals surface area contributed by atoms with E-state index < -0.39 is 0 Å². The number of nitrogens with zero attached hydrogens (tertiary/aromatic N) is 1. The summed E-state index contributed by atoms with van der Waals surface area (Å²) in [4.78, 5) is 14.6. The van der Waals surface area contributed by atoms with Crippen LogP contribution in [0.5, 0.6) is 5.75 Å². The van der Waals surface area contributed by atoms with Gasteiger partial charge in [-0.1, -0.05) is 30.9 Å². The van der Waals surface area contributed by atoms with Crippen molar-refractivity contribution in [2.24, 2.45) is 0 Å². The normalized spacial score (nSPS) is 11.3. The summed E-state index contributed by atoms with van der Waals surface area (Å²) < 4.78 is 7.25. The van der Waals surface area contributed by atoms with Crippen LogP contribution < -0.4 is 0 Å². The number of phenolic OH excluding ortho intramolecular Hbond substituents is 1. The number of hydrogen-bond acceptors (Lipinski definition) is 5. The lowest BCUT2D eigenvalue weighted by Crippen LogP contribution is -2.27. The zero-order valence-electron chi connectivity index (χ0n) is 13.6. The van der Waals surface area contributed by atoms with Gasteiger partial charge in [-0.05, 0) is 42.8 Å². The van der Waals surface area contributed by atoms with Crippen LogP contribution in [0.4, 0.5) is 0 Å². The molecule has 0 aliphatic carbocycles. The summed E-state index contributed by atoms with van der Waals surface area (Å²) in [6.07, 6.45) is 2.59. The maximum Gasteiger partial charge on any atom is 0.260 e. The Hall–Kier alpha value is -2.05. The van der Waals surface area contributed by atoms with Gasteiger partial charge < -0.3 is 14.4 Å². The van der Waals surface area contributed by atoms with Gasteiger partial charge in [-0.15, -0.1) is 0 Å². The van der Waals surface area contributed by atoms with Gasteiger partial charge in [0.25, 0.3) is 5.91 Å². The topological polar surface area (TPSA) is 53.7 Å². The zero-order chi connectivity index (χ0) is 17.5. The Balaban J connectivity index is 2.25. The number of aromatic hydroxyl groups is 1. The molecule has 1 aromatic heterocycles. The number of thiocarbonyl (C=S) groups is 1. The van der Waals surface area contributed by atoms with Gasteiger partial charge in [0.15, 0.2) is 0 Å². The Labute approximate surface area is 151 Å². The third-order valence-corrected chi connectivity index (χ3v) is 4.27. The van der Waals surface area contributed by atoms with E-state index in [9.17, 15) is 9.90 Å². The number of carbonyl (C=O) groups excluding carboxylic acids is 1. The summed E-state index contributed by atoms with van der Waals surface area (Å²) in [5.41, 5.74) is 0.853. The highest BCUT2D eigenvalue weighted by atomic mass is 32.2. The third kappa shape index (κ3) is 4.72. The van der Waals surface area contributed by atoms with Gasteiger partial charge in [0.2, 0.25) is 0 Å². The van der Waals surface area contributed by atoms with E-state index in [1.165, 1.54) is 16.5 Å². The molecule has 126 valence electrons. The van der Waals surface area contributed by atoms with Gasteiger partial charge >= 0.3 is 0 Å². The molecule has 1 N–H and O–H groups in total. The maximum atomic E-state index is 12.4. The van der Waals surface area contributed by atoms with Crippen LogP contribution >= 0.6 is 24.0 Å². The average Bonchev–Trinajstić information content (AvgIpc) is 3.03. The van der Waals surface area contributed by atoms with Gasteiger partial charge in [-0.3, -0.25) is 4.79 Å². The van der Waals surface area contributed by atoms with Crippen molar-refractivity contribution < 1.29 is 14.3 Å². The number of amides is 1. The Kier molecular flexibility index (Phi) is 6.63. The van der Waals surface area contributed by atoms with Crippen molar-refractivity contribution in [3.05, 3.63) is 47.1 Å². The van der Waals surface area contributed by atoms with Crippen LogP contribution in [0, 0.1) is 0 Å². The van der Waals surface area contributed by atoms with E-state index in [0.717, 1.165) is 12.0 Å². The molecule has 0 unspecified atom stereocenters. The summed E-state index contributed by atoms with van der Waals surface area (Å²) in [6, 6.07) is 10.4. The molecule has 0 bridgehead atoms. The molecule has 0 saturated carbocycles. The van der Waals surface area contributed by atoms with Gasteiger partial charge in [-0.25, -0.2) is 0 Å². The van der Waals surface area contributed by atoms with Crippen LogP contribution in [-0.4, -0.2) is 34.2 Å². The second-order valence-corrected chi connectivity index (χ2v) is 6.64. The van der Waals surface area contributed by atoms with Gasteiger partial charge in [0, 0.05) is 29.9 Å². The molecule has 0 radical (unpaired) electrons. The summed E-state index contributed by atoms with van der Waals surface area (Å²) in [5, 5.41) is 9.35.